The van der Waals surface area contributed by atoms with Crippen molar-refractivity contribution in [3.8, 4) is 5.69 Å². The Balaban J connectivity index is 0.000000115. The van der Waals surface area contributed by atoms with Crippen LogP contribution in [0.2, 0.25) is 0 Å². The van der Waals surface area contributed by atoms with Crippen molar-refractivity contribution in [1.29, 1.82) is 0 Å². The fourth-order valence-corrected chi connectivity index (χ4v) is 17.3. The number of allylic oxidation sites excluding steroid dienone is 5. The average Bonchev–Trinajstić information content (AvgIpc) is 1.73. The normalized spacial score (nSPS) is 17.4. The monoisotopic (exact) mass is 1750 g/mol. The van der Waals surface area contributed by atoms with Gasteiger partial charge in [0.25, 0.3) is 0 Å². The lowest BCUT2D eigenvalue weighted by molar-refractivity contribution is -0.0234. The number of aliphatic hydroxyl groups is 4. The lowest BCUT2D eigenvalue weighted by Gasteiger charge is -2.41. The number of pyridine rings is 6. The Labute approximate surface area is 763 Å². The van der Waals surface area contributed by atoms with E-state index in [9.17, 15) is 9.50 Å². The largest absolute Gasteiger partial charge is 0.396 e. The molecule has 1 unspecified atom stereocenters. The Morgan fingerprint density at radius 3 is 0.985 bits per heavy atom. The van der Waals surface area contributed by atoms with Crippen molar-refractivity contribution >= 4 is 158 Å². The van der Waals surface area contributed by atoms with Crippen LogP contribution in [0.3, 0.4) is 0 Å². The lowest BCUT2D eigenvalue weighted by Crippen LogP contribution is -2.52. The number of nitrogens with zero attached hydrogens (tertiary/aromatic N) is 14. The van der Waals surface area contributed by atoms with E-state index in [1.165, 1.54) is 89.2 Å². The van der Waals surface area contributed by atoms with E-state index in [-0.39, 0.29) is 25.6 Å². The summed E-state index contributed by atoms with van der Waals surface area (Å²) in [5.41, 5.74) is 30.9. The molecule has 21 rings (SSSR count). The van der Waals surface area contributed by atoms with Gasteiger partial charge < -0.3 is 62.0 Å². The highest BCUT2D eigenvalue weighted by Gasteiger charge is 2.38. The number of aromatic nitrogens is 8. The standard InChI is InChI=1S/C19H21N3O.C18H20N4.C18H19N3O.2C17H19N3O.C16H17FN4O/c1-12-7-17(22-15-9-19(2,23)10-15)16-4-3-13(8-18(16)21-12)14-5-6-20-11-14;1-12-7-17(21-15-10-22(2)11-15)16-4-3-13(8-18(16)20-12)14-5-6-19-9-14;1-12-8-17(21-15-5-7-22-11-15)16-3-2-13(9-18(16)20-12)14-4-6-19-10-14;2*1-12-9-16(19-6-2-8-21)15-4-3-13(10-17(15)20-12)14-5-7-18-11-14;1-11-7-15(18-5-2-6-22)14-4-3-13(8-16(14)20-11)21-10-12(17)9-19-21/h3-8,15,23H,9-11H2,1-2H3,(H,21,22);3-8,15H,9-11H2,1-2H3,(H,20,21);2-4,6,8-9,15H,5,7,10-11H2,1H3,(H,20,21);2*3-5,7,9-10,21H,2,6,8,11H2,1H3,(H,19,20);3-4,7-10,22H,2,5-6H2,1H3,(H,18,20). The molecule has 0 bridgehead atoms. The van der Waals surface area contributed by atoms with Gasteiger partial charge in [-0.2, -0.15) is 5.10 Å². The predicted molar refractivity (Wildman–Crippen MR) is 538 cm³/mol. The van der Waals surface area contributed by atoms with Crippen LogP contribution in [0.4, 0.5) is 38.5 Å². The molecule has 1 saturated carbocycles. The van der Waals surface area contributed by atoms with Crippen LogP contribution in [0.25, 0.3) is 99.0 Å². The molecule has 14 heterocycles. The number of likely N-dealkylation sites (N-methyl/N-ethyl adjacent to an activating group) is 1. The third kappa shape index (κ3) is 23.2. The molecule has 13 aromatic rings. The molecule has 26 heteroatoms. The number of ether oxygens (including phenoxy) is 1. The lowest BCUT2D eigenvalue weighted by atomic mass is 9.77. The van der Waals surface area contributed by atoms with Gasteiger partial charge in [0.15, 0.2) is 5.82 Å². The van der Waals surface area contributed by atoms with Crippen molar-refractivity contribution in [3.05, 3.63) is 256 Å². The maximum Gasteiger partial charge on any atom is 0.161 e. The molecular weight excluding hydrogens is 1640 g/mol. The first-order valence-electron chi connectivity index (χ1n) is 45.2. The Morgan fingerprint density at radius 1 is 0.397 bits per heavy atom. The third-order valence-electron chi connectivity index (χ3n) is 23.9. The molecule has 7 aliphatic heterocycles. The summed E-state index contributed by atoms with van der Waals surface area (Å²) in [5.74, 6) is -0.372. The van der Waals surface area contributed by atoms with Gasteiger partial charge in [0.2, 0.25) is 0 Å². The van der Waals surface area contributed by atoms with Gasteiger partial charge in [-0.25, -0.2) is 9.07 Å². The average molecular weight is 1760 g/mol. The van der Waals surface area contributed by atoms with Gasteiger partial charge >= 0.3 is 0 Å². The number of fused-ring (bicyclic) bond motifs is 6. The van der Waals surface area contributed by atoms with E-state index in [1.807, 2.05) is 96.9 Å². The maximum atomic E-state index is 13.1. The van der Waals surface area contributed by atoms with Gasteiger partial charge in [-0.3, -0.25) is 54.9 Å². The van der Waals surface area contributed by atoms with Crippen molar-refractivity contribution in [2.45, 2.75) is 111 Å². The Bertz CT molecular complexity index is 6560. The molecule has 6 aromatic carbocycles. The summed E-state index contributed by atoms with van der Waals surface area (Å²) in [4.78, 5) is 51.5. The van der Waals surface area contributed by atoms with Gasteiger partial charge in [-0.05, 0) is 265 Å². The van der Waals surface area contributed by atoms with Crippen LogP contribution in [0.1, 0.15) is 107 Å². The first kappa shape index (κ1) is 90.9. The SMILES string of the molecule is Cc1cc(NC2CC(C)(O)C2)c2ccc(C3=CC=NC3)cc2n1.Cc1cc(NC2CCOC2)c2ccc(C3=CC=NC3)cc2n1.Cc1cc(NC2CN(C)C2)c2ccc(C3=CC=NC3)cc2n1.Cc1cc(NCCCO)c2ccc(-n3cc(F)cn3)cc2n1.Cc1cc(NCCCO)c2ccc(C3=CC=NC3)cc2n1.Cc1cc(NCCCO)c2ccc(C3=CC=NC3)cc2n1. The minimum Gasteiger partial charge on any atom is -0.396 e. The Morgan fingerprint density at radius 2 is 0.702 bits per heavy atom. The van der Waals surface area contributed by atoms with E-state index in [1.54, 1.807) is 0 Å². The van der Waals surface area contributed by atoms with Gasteiger partial charge in [-0.1, -0.05) is 60.7 Å². The summed E-state index contributed by atoms with van der Waals surface area (Å²) in [6.07, 6.45) is 27.0. The Hall–Kier alpha value is -13.5. The number of aryl methyl sites for hydroxylation is 6. The highest BCUT2D eigenvalue weighted by molar-refractivity contribution is 6.02. The topological polar surface area (TPSA) is 323 Å². The number of anilines is 6. The molecule has 672 valence electrons. The Kier molecular flexibility index (Phi) is 29.4. The molecular formula is C105H115FN20O5. The summed E-state index contributed by atoms with van der Waals surface area (Å²) in [5, 5.41) is 68.2. The number of halogens is 1. The quantitative estimate of drug-likeness (QED) is 0.0251. The number of aliphatic imine (C=N–C) groups is 5. The molecule has 0 radical (unpaired) electrons. The second-order valence-electron chi connectivity index (χ2n) is 34.8. The van der Waals surface area contributed by atoms with Crippen LogP contribution in [0.15, 0.2) is 213 Å². The minimum atomic E-state index is -0.516. The number of benzene rings is 6. The van der Waals surface area contributed by atoms with Crippen molar-refractivity contribution in [2.24, 2.45) is 25.0 Å². The summed E-state index contributed by atoms with van der Waals surface area (Å²) < 4.78 is 20.0. The molecule has 2 saturated heterocycles. The van der Waals surface area contributed by atoms with Gasteiger partial charge in [0.1, 0.15) is 0 Å². The summed E-state index contributed by atoms with van der Waals surface area (Å²) >= 11 is 0. The van der Waals surface area contributed by atoms with E-state index in [2.05, 4.69) is 247 Å². The van der Waals surface area contributed by atoms with Crippen LogP contribution >= 0.6 is 0 Å². The van der Waals surface area contributed by atoms with E-state index < -0.39 is 5.60 Å². The van der Waals surface area contributed by atoms with Crippen molar-refractivity contribution in [3.63, 3.8) is 0 Å². The van der Waals surface area contributed by atoms with E-state index in [4.69, 9.17) is 35.0 Å². The molecule has 1 atom stereocenters. The number of hydrogen-bond acceptors (Lipinski definition) is 24. The number of rotatable bonds is 24. The second-order valence-corrected chi connectivity index (χ2v) is 34.8. The zero-order chi connectivity index (χ0) is 90.9. The van der Waals surface area contributed by atoms with Gasteiger partial charge in [0.05, 0.1) is 108 Å². The summed E-state index contributed by atoms with van der Waals surface area (Å²) in [6.45, 7) is 24.3. The first-order valence-corrected chi connectivity index (χ1v) is 45.2. The first-order chi connectivity index (χ1) is 63.7. The zero-order valence-corrected chi connectivity index (χ0v) is 75.7. The number of nitrogens with one attached hydrogen (secondary N) is 6. The third-order valence-corrected chi connectivity index (χ3v) is 23.9. The fourth-order valence-electron chi connectivity index (χ4n) is 17.3. The van der Waals surface area contributed by atoms with Gasteiger partial charge in [0, 0.05) is 197 Å². The van der Waals surface area contributed by atoms with Crippen LogP contribution in [-0.4, -0.2) is 225 Å². The predicted octanol–water partition coefficient (Wildman–Crippen LogP) is 17.6. The van der Waals surface area contributed by atoms with E-state index in [0.717, 1.165) is 227 Å². The van der Waals surface area contributed by atoms with Crippen molar-refractivity contribution in [2.75, 3.05) is 137 Å². The number of hydrogen-bond donors (Lipinski definition) is 10. The summed E-state index contributed by atoms with van der Waals surface area (Å²) in [7, 11) is 2.15. The minimum absolute atomic E-state index is 0.157. The molecule has 0 spiro atoms. The summed E-state index contributed by atoms with van der Waals surface area (Å²) in [6, 6.07) is 51.6. The van der Waals surface area contributed by atoms with Crippen LogP contribution in [0.5, 0.6) is 0 Å². The van der Waals surface area contributed by atoms with Crippen LogP contribution < -0.4 is 31.9 Å². The molecule has 1 aliphatic carbocycles. The molecule has 3 fully saturated rings. The van der Waals surface area contributed by atoms with Gasteiger partial charge in [-0.15, -0.1) is 0 Å². The fraction of sp³-hybridized carbons (Fsp3) is 0.314. The second kappa shape index (κ2) is 42.4. The van der Waals surface area contributed by atoms with Crippen molar-refractivity contribution in [1.82, 2.24) is 44.6 Å². The van der Waals surface area contributed by atoms with Crippen LogP contribution in [0, 0.1) is 47.4 Å². The molecule has 25 nitrogen and oxygen atoms in total. The van der Waals surface area contributed by atoms with E-state index in [0.29, 0.717) is 31.1 Å². The van der Waals surface area contributed by atoms with E-state index >= 15 is 0 Å². The molecule has 7 aromatic heterocycles. The highest BCUT2D eigenvalue weighted by Crippen LogP contribution is 2.39. The molecule has 131 heavy (non-hydrogen) atoms. The molecule has 10 N–H and O–H groups in total. The maximum absolute atomic E-state index is 13.1. The van der Waals surface area contributed by atoms with Crippen LogP contribution in [-0.2, 0) is 4.74 Å². The highest BCUT2D eigenvalue weighted by atomic mass is 19.1. The zero-order valence-electron chi connectivity index (χ0n) is 75.7. The smallest absolute Gasteiger partial charge is 0.161 e. The number of likely N-dealkylation sites (tertiary alicyclic amines) is 1. The number of aliphatic hydroxyl groups excluding tert-OH is 3. The molecule has 0 amide bonds. The van der Waals surface area contributed by atoms with Crippen molar-refractivity contribution < 1.29 is 29.6 Å². The molecule has 8 aliphatic rings.